The van der Waals surface area contributed by atoms with Crippen LogP contribution in [-0.2, 0) is 4.79 Å². The van der Waals surface area contributed by atoms with Crippen molar-refractivity contribution in [1.29, 1.82) is 0 Å². The molecule has 2 rings (SSSR count). The van der Waals surface area contributed by atoms with E-state index in [1.165, 1.54) is 24.5 Å². The summed E-state index contributed by atoms with van der Waals surface area (Å²) >= 11 is 1.21. The lowest BCUT2D eigenvalue weighted by atomic mass is 10.1. The third kappa shape index (κ3) is 1.96. The number of aromatic nitrogens is 1. The molecule has 0 radical (unpaired) electrons. The van der Waals surface area contributed by atoms with E-state index in [1.54, 1.807) is 13.0 Å². The van der Waals surface area contributed by atoms with E-state index in [1.807, 2.05) is 0 Å². The average Bonchev–Trinajstić information content (AvgIpc) is 2.59. The molecule has 1 heterocycles. The Morgan fingerprint density at radius 1 is 1.53 bits per heavy atom. The van der Waals surface area contributed by atoms with Gasteiger partial charge in [-0.2, -0.15) is 4.37 Å². The topological polar surface area (TPSA) is 85.1 Å². The van der Waals surface area contributed by atoms with E-state index in [4.69, 9.17) is 0 Å². The maximum Gasteiger partial charge on any atom is 0.303 e. The molecule has 0 saturated heterocycles. The van der Waals surface area contributed by atoms with Gasteiger partial charge in [0.05, 0.1) is 20.7 Å². The molecule has 0 unspecified atom stereocenters. The number of carbonyl (C=O) groups is 1. The second-order valence-electron chi connectivity index (χ2n) is 3.54. The molecular weight excluding hydrogens is 242 g/mol. The van der Waals surface area contributed by atoms with Crippen LogP contribution in [0, 0.1) is 17.0 Å². The standard InChI is InChI=1S/C10H9N3O3S/c1-5-9-8(17-12-5)4-3-7(11-6(2)14)10(9)13(15)16/h3-4H,1-2H3,(H,11,14). The van der Waals surface area contributed by atoms with E-state index in [2.05, 4.69) is 9.69 Å². The van der Waals surface area contributed by atoms with Crippen molar-refractivity contribution in [2.75, 3.05) is 5.32 Å². The molecule has 6 nitrogen and oxygen atoms in total. The summed E-state index contributed by atoms with van der Waals surface area (Å²) < 4.78 is 4.82. The molecule has 1 aromatic heterocycles. The van der Waals surface area contributed by atoms with Crippen molar-refractivity contribution >= 4 is 38.9 Å². The second-order valence-corrected chi connectivity index (χ2v) is 4.35. The Kier molecular flexibility index (Phi) is 2.76. The van der Waals surface area contributed by atoms with E-state index >= 15 is 0 Å². The molecule has 0 spiro atoms. The molecule has 1 amide bonds. The zero-order valence-electron chi connectivity index (χ0n) is 9.18. The predicted octanol–water partition coefficient (Wildman–Crippen LogP) is 2.47. The number of nitro benzene ring substituents is 1. The Labute approximate surface area is 101 Å². The van der Waals surface area contributed by atoms with E-state index in [0.29, 0.717) is 11.1 Å². The normalized spacial score (nSPS) is 10.5. The average molecular weight is 251 g/mol. The predicted molar refractivity (Wildman–Crippen MR) is 65.3 cm³/mol. The maximum atomic E-state index is 11.1. The zero-order valence-corrected chi connectivity index (χ0v) is 10.00. The summed E-state index contributed by atoms with van der Waals surface area (Å²) in [7, 11) is 0. The van der Waals surface area contributed by atoms with Crippen molar-refractivity contribution in [3.8, 4) is 0 Å². The highest BCUT2D eigenvalue weighted by Crippen LogP contribution is 2.37. The second kappa shape index (κ2) is 4.10. The summed E-state index contributed by atoms with van der Waals surface area (Å²) in [5.74, 6) is -0.340. The van der Waals surface area contributed by atoms with Crippen LogP contribution in [-0.4, -0.2) is 15.2 Å². The fourth-order valence-corrected chi connectivity index (χ4v) is 2.43. The summed E-state index contributed by atoms with van der Waals surface area (Å²) in [5, 5.41) is 14.1. The number of hydrogen-bond donors (Lipinski definition) is 1. The van der Waals surface area contributed by atoms with Crippen LogP contribution in [0.5, 0.6) is 0 Å². The van der Waals surface area contributed by atoms with Gasteiger partial charge in [0, 0.05) is 6.92 Å². The quantitative estimate of drug-likeness (QED) is 0.656. The summed E-state index contributed by atoms with van der Waals surface area (Å²) in [5.41, 5.74) is 0.714. The number of nitrogens with one attached hydrogen (secondary N) is 1. The Balaban J connectivity index is 2.76. The van der Waals surface area contributed by atoms with E-state index in [9.17, 15) is 14.9 Å². The molecule has 0 aliphatic rings. The Hall–Kier alpha value is -2.02. The van der Waals surface area contributed by atoms with Gasteiger partial charge < -0.3 is 5.32 Å². The van der Waals surface area contributed by atoms with Crippen LogP contribution in [0.1, 0.15) is 12.6 Å². The van der Waals surface area contributed by atoms with Crippen LogP contribution in [0.3, 0.4) is 0 Å². The van der Waals surface area contributed by atoms with Crippen LogP contribution >= 0.6 is 11.5 Å². The first kappa shape index (κ1) is 11.5. The van der Waals surface area contributed by atoms with Gasteiger partial charge in [0.1, 0.15) is 5.69 Å². The van der Waals surface area contributed by atoms with Gasteiger partial charge >= 0.3 is 5.69 Å². The lowest BCUT2D eigenvalue weighted by molar-refractivity contribution is -0.382. The number of benzene rings is 1. The van der Waals surface area contributed by atoms with Gasteiger partial charge in [-0.05, 0) is 30.6 Å². The smallest absolute Gasteiger partial charge is 0.303 e. The van der Waals surface area contributed by atoms with Gasteiger partial charge in [0.2, 0.25) is 5.91 Å². The van der Waals surface area contributed by atoms with Crippen LogP contribution in [0.2, 0.25) is 0 Å². The molecule has 0 saturated carbocycles. The number of aryl methyl sites for hydroxylation is 1. The van der Waals surface area contributed by atoms with E-state index in [-0.39, 0.29) is 17.3 Å². The molecule has 1 N–H and O–H groups in total. The van der Waals surface area contributed by atoms with Crippen molar-refractivity contribution < 1.29 is 9.72 Å². The first-order valence-corrected chi connectivity index (χ1v) is 5.59. The van der Waals surface area contributed by atoms with Gasteiger partial charge in [-0.15, -0.1) is 0 Å². The van der Waals surface area contributed by atoms with Gasteiger partial charge in [-0.25, -0.2) is 0 Å². The third-order valence-corrected chi connectivity index (χ3v) is 3.18. The minimum absolute atomic E-state index is 0.0936. The van der Waals surface area contributed by atoms with Crippen LogP contribution in [0.25, 0.3) is 10.1 Å². The Bertz CT molecular complexity index is 621. The molecule has 0 aliphatic carbocycles. The molecule has 0 aliphatic heterocycles. The van der Waals surface area contributed by atoms with Crippen molar-refractivity contribution in [2.24, 2.45) is 0 Å². The first-order valence-electron chi connectivity index (χ1n) is 4.81. The lowest BCUT2D eigenvalue weighted by Gasteiger charge is -2.04. The SMILES string of the molecule is CC(=O)Nc1ccc2snc(C)c2c1[N+](=O)[O-]. The summed E-state index contributed by atoms with van der Waals surface area (Å²) in [4.78, 5) is 21.6. The highest BCUT2D eigenvalue weighted by molar-refractivity contribution is 7.13. The largest absolute Gasteiger partial charge is 0.321 e. The highest BCUT2D eigenvalue weighted by Gasteiger charge is 2.22. The lowest BCUT2D eigenvalue weighted by Crippen LogP contribution is -2.08. The fourth-order valence-electron chi connectivity index (χ4n) is 1.64. The molecule has 7 heteroatoms. The van der Waals surface area contributed by atoms with Gasteiger partial charge in [-0.1, -0.05) is 0 Å². The van der Waals surface area contributed by atoms with Crippen LogP contribution in [0.4, 0.5) is 11.4 Å². The van der Waals surface area contributed by atoms with E-state index < -0.39 is 4.92 Å². The Morgan fingerprint density at radius 3 is 2.82 bits per heavy atom. The van der Waals surface area contributed by atoms with E-state index in [0.717, 1.165) is 4.70 Å². The van der Waals surface area contributed by atoms with Gasteiger partial charge in [0.25, 0.3) is 0 Å². The fraction of sp³-hybridized carbons (Fsp3) is 0.200. The summed E-state index contributed by atoms with van der Waals surface area (Å²) in [6.07, 6.45) is 0. The maximum absolute atomic E-state index is 11.1. The molecule has 17 heavy (non-hydrogen) atoms. The number of fused-ring (bicyclic) bond motifs is 1. The number of nitrogens with zero attached hydrogens (tertiary/aromatic N) is 2. The number of hydrogen-bond acceptors (Lipinski definition) is 5. The third-order valence-electron chi connectivity index (χ3n) is 2.28. The molecule has 2 aromatic rings. The Morgan fingerprint density at radius 2 is 2.24 bits per heavy atom. The van der Waals surface area contributed by atoms with Crippen LogP contribution < -0.4 is 5.32 Å². The number of rotatable bonds is 2. The highest BCUT2D eigenvalue weighted by atomic mass is 32.1. The minimum atomic E-state index is -0.491. The van der Waals surface area contributed by atoms with Crippen LogP contribution in [0.15, 0.2) is 12.1 Å². The number of amides is 1. The molecule has 0 bridgehead atoms. The van der Waals surface area contributed by atoms with Crippen molar-refractivity contribution in [3.63, 3.8) is 0 Å². The number of nitro groups is 1. The van der Waals surface area contributed by atoms with Gasteiger partial charge in [-0.3, -0.25) is 14.9 Å². The van der Waals surface area contributed by atoms with Crippen molar-refractivity contribution in [2.45, 2.75) is 13.8 Å². The summed E-state index contributed by atoms with van der Waals surface area (Å²) in [6.45, 7) is 3.02. The number of anilines is 1. The molecule has 88 valence electrons. The van der Waals surface area contributed by atoms with Crippen molar-refractivity contribution in [1.82, 2.24) is 4.37 Å². The molecule has 1 aromatic carbocycles. The molecule has 0 fully saturated rings. The zero-order chi connectivity index (χ0) is 12.6. The molecular formula is C10H9N3O3S. The first-order chi connectivity index (χ1) is 8.00. The summed E-state index contributed by atoms with van der Waals surface area (Å²) in [6, 6.07) is 3.25. The monoisotopic (exact) mass is 251 g/mol. The van der Waals surface area contributed by atoms with Crippen molar-refractivity contribution in [3.05, 3.63) is 27.9 Å². The molecule has 0 atom stereocenters. The van der Waals surface area contributed by atoms with Gasteiger partial charge in [0.15, 0.2) is 0 Å². The minimum Gasteiger partial charge on any atom is -0.321 e. The number of carbonyl (C=O) groups excluding carboxylic acids is 1.